The third-order valence-corrected chi connectivity index (χ3v) is 8.38. The number of hydrogen-bond acceptors (Lipinski definition) is 6. The van der Waals surface area contributed by atoms with Crippen molar-refractivity contribution in [1.82, 2.24) is 14.9 Å². The van der Waals surface area contributed by atoms with Crippen molar-refractivity contribution in [2.45, 2.75) is 62.4 Å². The van der Waals surface area contributed by atoms with Gasteiger partial charge in [0.2, 0.25) is 10.0 Å². The summed E-state index contributed by atoms with van der Waals surface area (Å²) >= 11 is 0. The number of urea groups is 1. The highest BCUT2D eigenvalue weighted by molar-refractivity contribution is 7.89. The molecule has 2 aliphatic heterocycles. The van der Waals surface area contributed by atoms with E-state index in [4.69, 9.17) is 0 Å². The van der Waals surface area contributed by atoms with Gasteiger partial charge in [-0.2, -0.15) is 0 Å². The third kappa shape index (κ3) is 4.83. The molecule has 32 heavy (non-hydrogen) atoms. The van der Waals surface area contributed by atoms with E-state index in [1.54, 1.807) is 4.90 Å². The van der Waals surface area contributed by atoms with E-state index < -0.39 is 14.9 Å². The van der Waals surface area contributed by atoms with Gasteiger partial charge in [-0.3, -0.25) is 10.1 Å². The number of carbonyl (C=O) groups excluding carboxylic acids is 1. The van der Waals surface area contributed by atoms with Gasteiger partial charge >= 0.3 is 6.03 Å². The fourth-order valence-electron chi connectivity index (χ4n) is 5.01. The highest BCUT2D eigenvalue weighted by Crippen LogP contribution is 2.34. The maximum atomic E-state index is 12.9. The Morgan fingerprint density at radius 2 is 1.91 bits per heavy atom. The molecule has 2 N–H and O–H groups in total. The summed E-state index contributed by atoms with van der Waals surface area (Å²) in [6.07, 6.45) is 5.13. The first-order valence-electron chi connectivity index (χ1n) is 11.3. The van der Waals surface area contributed by atoms with Crippen LogP contribution >= 0.6 is 0 Å². The van der Waals surface area contributed by atoms with Gasteiger partial charge in [0.05, 0.1) is 15.9 Å². The van der Waals surface area contributed by atoms with Crippen LogP contribution in [0.2, 0.25) is 0 Å². The maximum Gasteiger partial charge on any atom is 0.317 e. The highest BCUT2D eigenvalue weighted by Gasteiger charge is 2.34. The van der Waals surface area contributed by atoms with Crippen LogP contribution in [-0.2, 0) is 10.0 Å². The van der Waals surface area contributed by atoms with Crippen LogP contribution in [0.1, 0.15) is 45.4 Å². The summed E-state index contributed by atoms with van der Waals surface area (Å²) in [6, 6.07) is 3.88. The Bertz CT molecular complexity index is 977. The molecule has 1 atom stereocenters. The molecular weight excluding hydrogens is 434 g/mol. The number of amides is 2. The number of nitro benzene ring substituents is 1. The number of hydrogen-bond donors (Lipinski definition) is 2. The Hall–Kier alpha value is -2.40. The summed E-state index contributed by atoms with van der Waals surface area (Å²) in [7, 11) is -3.85. The molecule has 2 saturated heterocycles. The smallest absolute Gasteiger partial charge is 0.317 e. The lowest BCUT2D eigenvalue weighted by atomic mass is 9.88. The van der Waals surface area contributed by atoms with Crippen LogP contribution in [0.4, 0.5) is 16.2 Å². The van der Waals surface area contributed by atoms with Crippen molar-refractivity contribution >= 4 is 27.4 Å². The number of nitro groups is 1. The first kappa shape index (κ1) is 22.8. The molecule has 2 heterocycles. The van der Waals surface area contributed by atoms with Gasteiger partial charge in [0.15, 0.2) is 0 Å². The minimum absolute atomic E-state index is 0.0235. The molecule has 10 nitrogen and oxygen atoms in total. The molecule has 1 aromatic carbocycles. The summed E-state index contributed by atoms with van der Waals surface area (Å²) in [5.41, 5.74) is 0.168. The predicted molar refractivity (Wildman–Crippen MR) is 120 cm³/mol. The fraction of sp³-hybridized carbons (Fsp3) is 0.667. The van der Waals surface area contributed by atoms with E-state index in [-0.39, 0.29) is 28.7 Å². The molecular formula is C21H31N5O5S. The van der Waals surface area contributed by atoms with Crippen LogP contribution in [-0.4, -0.2) is 62.5 Å². The second-order valence-corrected chi connectivity index (χ2v) is 10.9. The highest BCUT2D eigenvalue weighted by atomic mass is 32.2. The molecule has 1 unspecified atom stereocenters. The van der Waals surface area contributed by atoms with Crippen molar-refractivity contribution in [3.05, 3.63) is 28.3 Å². The zero-order valence-electron chi connectivity index (χ0n) is 18.3. The van der Waals surface area contributed by atoms with E-state index in [0.717, 1.165) is 44.6 Å². The Morgan fingerprint density at radius 3 is 2.56 bits per heavy atom. The summed E-state index contributed by atoms with van der Waals surface area (Å²) in [5, 5.41) is 14.6. The molecule has 1 aliphatic carbocycles. The van der Waals surface area contributed by atoms with Crippen LogP contribution in [0.5, 0.6) is 0 Å². The monoisotopic (exact) mass is 465 g/mol. The summed E-state index contributed by atoms with van der Waals surface area (Å²) in [6.45, 7) is 4.50. The van der Waals surface area contributed by atoms with E-state index in [2.05, 4.69) is 17.0 Å². The molecule has 1 saturated carbocycles. The van der Waals surface area contributed by atoms with Gasteiger partial charge in [-0.05, 0) is 56.6 Å². The van der Waals surface area contributed by atoms with Crippen molar-refractivity contribution in [2.75, 3.05) is 31.1 Å². The second-order valence-electron chi connectivity index (χ2n) is 9.15. The number of piperidine rings is 1. The van der Waals surface area contributed by atoms with Gasteiger partial charge in [0.25, 0.3) is 5.69 Å². The van der Waals surface area contributed by atoms with Crippen LogP contribution in [0.15, 0.2) is 23.1 Å². The van der Waals surface area contributed by atoms with E-state index in [0.29, 0.717) is 37.8 Å². The molecule has 0 radical (unpaired) electrons. The zero-order chi connectivity index (χ0) is 22.9. The van der Waals surface area contributed by atoms with E-state index in [9.17, 15) is 23.3 Å². The Balaban J connectivity index is 1.54. The lowest BCUT2D eigenvalue weighted by molar-refractivity contribution is -0.384. The average molecular weight is 466 g/mol. The quantitative estimate of drug-likeness (QED) is 0.491. The third-order valence-electron chi connectivity index (χ3n) is 6.86. The van der Waals surface area contributed by atoms with Crippen molar-refractivity contribution in [3.63, 3.8) is 0 Å². The second kappa shape index (κ2) is 9.22. The minimum atomic E-state index is -3.85. The number of rotatable bonds is 6. The van der Waals surface area contributed by atoms with Gasteiger partial charge in [0.1, 0.15) is 5.69 Å². The number of carbonyl (C=O) groups is 1. The van der Waals surface area contributed by atoms with Crippen molar-refractivity contribution in [3.8, 4) is 0 Å². The van der Waals surface area contributed by atoms with E-state index >= 15 is 0 Å². The van der Waals surface area contributed by atoms with Crippen LogP contribution in [0.3, 0.4) is 0 Å². The van der Waals surface area contributed by atoms with E-state index in [1.165, 1.54) is 12.1 Å². The fourth-order valence-corrected chi connectivity index (χ4v) is 6.34. The molecule has 4 rings (SSSR count). The van der Waals surface area contributed by atoms with Crippen molar-refractivity contribution in [2.24, 2.45) is 5.92 Å². The molecule has 3 fully saturated rings. The molecule has 0 aromatic heterocycles. The molecule has 11 heteroatoms. The van der Waals surface area contributed by atoms with Gasteiger partial charge < -0.3 is 15.1 Å². The first-order valence-corrected chi connectivity index (χ1v) is 12.8. The topological polar surface area (TPSA) is 125 Å². The van der Waals surface area contributed by atoms with Crippen molar-refractivity contribution in [1.29, 1.82) is 0 Å². The standard InChI is InChI=1S/C21H31N5O5S/c1-15-4-6-16(7-5-15)23-32(30,31)18-8-9-19(20(13-18)26(28)29)24-11-2-3-17(14-24)25-12-10-22-21(25)27/h8-9,13,15-17,23H,2-7,10-12,14H2,1H3,(H,22,27). The molecule has 2 amide bonds. The molecule has 176 valence electrons. The number of benzene rings is 1. The van der Waals surface area contributed by atoms with Gasteiger partial charge in [-0.1, -0.05) is 6.92 Å². The Labute approximate surface area is 188 Å². The number of nitrogens with one attached hydrogen (secondary N) is 2. The van der Waals surface area contributed by atoms with Crippen LogP contribution in [0, 0.1) is 16.0 Å². The number of nitrogens with zero attached hydrogens (tertiary/aromatic N) is 3. The lowest BCUT2D eigenvalue weighted by Crippen LogP contribution is -2.49. The number of anilines is 1. The minimum Gasteiger partial charge on any atom is -0.364 e. The maximum absolute atomic E-state index is 12.9. The molecule has 0 spiro atoms. The predicted octanol–water partition coefficient (Wildman–Crippen LogP) is 2.45. The summed E-state index contributed by atoms with van der Waals surface area (Å²) < 4.78 is 28.5. The summed E-state index contributed by atoms with van der Waals surface area (Å²) in [5.74, 6) is 0.594. The van der Waals surface area contributed by atoms with Gasteiger partial charge in [0, 0.05) is 38.3 Å². The molecule has 1 aromatic rings. The number of sulfonamides is 1. The van der Waals surface area contributed by atoms with Gasteiger partial charge in [-0.25, -0.2) is 17.9 Å². The molecule has 0 bridgehead atoms. The van der Waals surface area contributed by atoms with Crippen LogP contribution < -0.4 is 14.9 Å². The molecule has 3 aliphatic rings. The summed E-state index contributed by atoms with van der Waals surface area (Å²) in [4.78, 5) is 27.0. The van der Waals surface area contributed by atoms with E-state index in [1.807, 2.05) is 4.90 Å². The first-order chi connectivity index (χ1) is 15.2. The normalized spacial score (nSPS) is 26.8. The van der Waals surface area contributed by atoms with Crippen molar-refractivity contribution < 1.29 is 18.1 Å². The average Bonchev–Trinajstić information content (AvgIpc) is 3.20. The lowest BCUT2D eigenvalue weighted by Gasteiger charge is -2.38. The SMILES string of the molecule is CC1CCC(NS(=O)(=O)c2ccc(N3CCCC(N4CCNC4=O)C3)c([N+](=O)[O-])c2)CC1. The largest absolute Gasteiger partial charge is 0.364 e. The van der Waals surface area contributed by atoms with Crippen LogP contribution in [0.25, 0.3) is 0 Å². The Kier molecular flexibility index (Phi) is 6.57. The Morgan fingerprint density at radius 1 is 1.16 bits per heavy atom. The zero-order valence-corrected chi connectivity index (χ0v) is 19.1. The van der Waals surface area contributed by atoms with Gasteiger partial charge in [-0.15, -0.1) is 0 Å².